The second kappa shape index (κ2) is 12.4. The molecule has 224 valence electrons. The molecule has 0 saturated heterocycles. The molecule has 0 aliphatic heterocycles. The van der Waals surface area contributed by atoms with Gasteiger partial charge in [0.1, 0.15) is 11.5 Å². The van der Waals surface area contributed by atoms with Crippen LogP contribution in [-0.2, 0) is 22.6 Å². The fourth-order valence-electron chi connectivity index (χ4n) is 6.72. The van der Waals surface area contributed by atoms with Gasteiger partial charge in [0, 0.05) is 29.2 Å². The van der Waals surface area contributed by atoms with Gasteiger partial charge >= 0.3 is 0 Å². The van der Waals surface area contributed by atoms with Gasteiger partial charge in [-0.15, -0.1) is 11.3 Å². The number of carbonyl (C=O) groups is 2. The van der Waals surface area contributed by atoms with Gasteiger partial charge in [-0.05, 0) is 60.4 Å². The molecule has 3 aromatic rings. The van der Waals surface area contributed by atoms with E-state index < -0.39 is 11.5 Å². The highest BCUT2D eigenvalue weighted by atomic mass is 32.1. The first-order valence-electron chi connectivity index (χ1n) is 14.3. The molecule has 10 heteroatoms. The van der Waals surface area contributed by atoms with E-state index in [1.54, 1.807) is 19.2 Å². The van der Waals surface area contributed by atoms with Crippen LogP contribution in [0.3, 0.4) is 0 Å². The average molecular weight is 594 g/mol. The third-order valence-electron chi connectivity index (χ3n) is 9.29. The summed E-state index contributed by atoms with van der Waals surface area (Å²) in [5.74, 6) is 0.612. The van der Waals surface area contributed by atoms with Crippen LogP contribution in [0, 0.1) is 16.7 Å². The van der Waals surface area contributed by atoms with E-state index in [1.807, 2.05) is 49.4 Å². The molecule has 1 fully saturated rings. The molecule has 2 amide bonds. The predicted molar refractivity (Wildman–Crippen MR) is 161 cm³/mol. The van der Waals surface area contributed by atoms with Crippen molar-refractivity contribution in [1.29, 1.82) is 0 Å². The monoisotopic (exact) mass is 593 g/mol. The minimum Gasteiger partial charge on any atom is -0.497 e. The van der Waals surface area contributed by atoms with Crippen LogP contribution < -0.4 is 20.1 Å². The number of amides is 2. The Morgan fingerprint density at radius 3 is 2.50 bits per heavy atom. The van der Waals surface area contributed by atoms with Crippen molar-refractivity contribution in [3.8, 4) is 11.5 Å². The SMILES string of the molecule is COc1ccc(CNC(=O)C[C@@H]2c3nc(NC(=O)COc4ccccc4)sc3C[C@@H]3[C@](C)(CO)[C@H](O)CC[C@]32C)cc1. The second-order valence-electron chi connectivity index (χ2n) is 11.8. The molecule has 1 heterocycles. The third kappa shape index (κ3) is 6.02. The third-order valence-corrected chi connectivity index (χ3v) is 10.3. The molecular weight excluding hydrogens is 554 g/mol. The Morgan fingerprint density at radius 1 is 1.07 bits per heavy atom. The van der Waals surface area contributed by atoms with E-state index in [1.165, 1.54) is 11.3 Å². The molecule has 0 radical (unpaired) electrons. The minimum absolute atomic E-state index is 0.0731. The van der Waals surface area contributed by atoms with E-state index in [4.69, 9.17) is 14.5 Å². The number of thiazole rings is 1. The van der Waals surface area contributed by atoms with Gasteiger partial charge in [-0.25, -0.2) is 4.98 Å². The summed E-state index contributed by atoms with van der Waals surface area (Å²) in [6.45, 7) is 4.18. The number of fused-ring (bicyclic) bond motifs is 2. The number of para-hydroxylation sites is 1. The van der Waals surface area contributed by atoms with Gasteiger partial charge in [0.15, 0.2) is 11.7 Å². The number of methoxy groups -OCH3 is 1. The molecule has 4 N–H and O–H groups in total. The van der Waals surface area contributed by atoms with Gasteiger partial charge in [0.25, 0.3) is 5.91 Å². The fraction of sp³-hybridized carbons (Fsp3) is 0.469. The molecule has 2 aliphatic rings. The largest absolute Gasteiger partial charge is 0.497 e. The van der Waals surface area contributed by atoms with Crippen molar-refractivity contribution in [2.24, 2.45) is 16.7 Å². The first kappa shape index (κ1) is 30.0. The molecule has 2 aromatic carbocycles. The molecule has 0 spiro atoms. The van der Waals surface area contributed by atoms with Gasteiger partial charge < -0.3 is 25.0 Å². The molecule has 5 atom stereocenters. The number of rotatable bonds is 10. The number of benzene rings is 2. The number of hydrogen-bond acceptors (Lipinski definition) is 8. The number of aliphatic hydroxyl groups is 2. The van der Waals surface area contributed by atoms with E-state index in [0.29, 0.717) is 36.7 Å². The molecule has 5 rings (SSSR count). The molecule has 0 unspecified atom stereocenters. The average Bonchev–Trinajstić information content (AvgIpc) is 3.40. The Labute approximate surface area is 250 Å². The quantitative estimate of drug-likeness (QED) is 0.276. The summed E-state index contributed by atoms with van der Waals surface area (Å²) in [6.07, 6.45) is 1.41. The topological polar surface area (TPSA) is 130 Å². The second-order valence-corrected chi connectivity index (χ2v) is 12.9. The number of nitrogens with one attached hydrogen (secondary N) is 2. The standard InChI is InChI=1S/C32H39N3O6S/c1-31-14-13-26(37)32(2,19-36)25(31)16-24-29(23(31)15-27(38)33-17-20-9-11-21(40-3)12-10-20)35-30(42-24)34-28(39)18-41-22-7-5-4-6-8-22/h4-12,23,25-26,36-37H,13-19H2,1-3H3,(H,33,38)(H,34,35,39)/t23-,25+,26-,31+,32+/m1/s1. The van der Waals surface area contributed by atoms with Crippen LogP contribution >= 0.6 is 11.3 Å². The maximum atomic E-state index is 13.4. The first-order chi connectivity index (χ1) is 20.2. The molecule has 42 heavy (non-hydrogen) atoms. The Bertz CT molecular complexity index is 1400. The van der Waals surface area contributed by atoms with Crippen LogP contribution in [0.4, 0.5) is 5.13 Å². The van der Waals surface area contributed by atoms with E-state index >= 15 is 0 Å². The summed E-state index contributed by atoms with van der Waals surface area (Å²) in [5, 5.41) is 27.9. The number of aliphatic hydroxyl groups excluding tert-OH is 2. The summed E-state index contributed by atoms with van der Waals surface area (Å²) in [7, 11) is 1.61. The zero-order valence-electron chi connectivity index (χ0n) is 24.3. The zero-order valence-corrected chi connectivity index (χ0v) is 25.1. The summed E-state index contributed by atoms with van der Waals surface area (Å²) in [5.41, 5.74) is 0.670. The van der Waals surface area contributed by atoms with Crippen molar-refractivity contribution in [3.63, 3.8) is 0 Å². The Kier molecular flexibility index (Phi) is 8.86. The van der Waals surface area contributed by atoms with Crippen LogP contribution in [0.5, 0.6) is 11.5 Å². The molecule has 0 bridgehead atoms. The van der Waals surface area contributed by atoms with Crippen molar-refractivity contribution >= 4 is 28.3 Å². The van der Waals surface area contributed by atoms with Crippen LogP contribution in [0.1, 0.15) is 55.2 Å². The highest BCUT2D eigenvalue weighted by Crippen LogP contribution is 2.62. The minimum atomic E-state index is -0.723. The summed E-state index contributed by atoms with van der Waals surface area (Å²) in [4.78, 5) is 31.9. The lowest BCUT2D eigenvalue weighted by molar-refractivity contribution is -0.144. The Balaban J connectivity index is 1.36. The summed E-state index contributed by atoms with van der Waals surface area (Å²) in [6, 6.07) is 16.7. The van der Waals surface area contributed by atoms with Crippen molar-refractivity contribution in [2.75, 3.05) is 25.6 Å². The molecular formula is C32H39N3O6S. The van der Waals surface area contributed by atoms with Gasteiger partial charge in [-0.1, -0.05) is 44.2 Å². The lowest BCUT2D eigenvalue weighted by atomic mass is 9.47. The highest BCUT2D eigenvalue weighted by Gasteiger charge is 2.59. The zero-order chi connectivity index (χ0) is 29.9. The number of aromatic nitrogens is 1. The van der Waals surface area contributed by atoms with Crippen molar-refractivity contribution in [3.05, 3.63) is 70.7 Å². The van der Waals surface area contributed by atoms with E-state index in [-0.39, 0.29) is 48.7 Å². The highest BCUT2D eigenvalue weighted by molar-refractivity contribution is 7.15. The number of anilines is 1. The lowest BCUT2D eigenvalue weighted by Gasteiger charge is -2.58. The van der Waals surface area contributed by atoms with Gasteiger partial charge in [-0.3, -0.25) is 14.9 Å². The lowest BCUT2D eigenvalue weighted by Crippen LogP contribution is -2.57. The van der Waals surface area contributed by atoms with Crippen molar-refractivity contribution < 1.29 is 29.3 Å². The number of ether oxygens (including phenoxy) is 2. The van der Waals surface area contributed by atoms with Crippen molar-refractivity contribution in [2.45, 2.75) is 58.1 Å². The van der Waals surface area contributed by atoms with E-state index in [0.717, 1.165) is 21.9 Å². The van der Waals surface area contributed by atoms with Crippen LogP contribution in [-0.4, -0.2) is 53.4 Å². The van der Waals surface area contributed by atoms with Crippen LogP contribution in [0.15, 0.2) is 54.6 Å². The van der Waals surface area contributed by atoms with Crippen LogP contribution in [0.2, 0.25) is 0 Å². The molecule has 2 aliphatic carbocycles. The molecule has 1 saturated carbocycles. The number of hydrogen-bond donors (Lipinski definition) is 4. The Hall–Kier alpha value is -3.47. The normalized spacial score (nSPS) is 26.5. The molecule has 9 nitrogen and oxygen atoms in total. The van der Waals surface area contributed by atoms with E-state index in [2.05, 4.69) is 17.6 Å². The fourth-order valence-corrected chi connectivity index (χ4v) is 7.81. The smallest absolute Gasteiger partial charge is 0.264 e. The van der Waals surface area contributed by atoms with Crippen molar-refractivity contribution in [1.82, 2.24) is 10.3 Å². The summed E-state index contributed by atoms with van der Waals surface area (Å²) >= 11 is 1.39. The molecule has 1 aromatic heterocycles. The van der Waals surface area contributed by atoms with Crippen LogP contribution in [0.25, 0.3) is 0 Å². The van der Waals surface area contributed by atoms with E-state index in [9.17, 15) is 19.8 Å². The van der Waals surface area contributed by atoms with Gasteiger partial charge in [0.2, 0.25) is 5.91 Å². The summed E-state index contributed by atoms with van der Waals surface area (Å²) < 4.78 is 10.8. The maximum absolute atomic E-state index is 13.4. The number of nitrogens with zero attached hydrogens (tertiary/aromatic N) is 1. The Morgan fingerprint density at radius 2 is 1.81 bits per heavy atom. The predicted octanol–water partition coefficient (Wildman–Crippen LogP) is 4.29. The van der Waals surface area contributed by atoms with Gasteiger partial charge in [0.05, 0.1) is 25.5 Å². The van der Waals surface area contributed by atoms with Gasteiger partial charge in [-0.2, -0.15) is 0 Å². The maximum Gasteiger partial charge on any atom is 0.264 e. The first-order valence-corrected chi connectivity index (χ1v) is 15.1. The number of carbonyl (C=O) groups excluding carboxylic acids is 2.